The van der Waals surface area contributed by atoms with Crippen molar-refractivity contribution in [1.82, 2.24) is 15.1 Å². The number of nitrogens with one attached hydrogen (secondary N) is 1. The molecule has 0 aromatic heterocycles. The molecule has 0 bridgehead atoms. The molecule has 3 aliphatic rings. The van der Waals surface area contributed by atoms with E-state index in [0.717, 1.165) is 32.4 Å². The Labute approximate surface area is 148 Å². The van der Waals surface area contributed by atoms with Crippen molar-refractivity contribution in [1.29, 1.82) is 0 Å². The first-order valence-corrected chi connectivity index (χ1v) is 9.71. The molecule has 3 fully saturated rings. The molecule has 0 aromatic carbocycles. The summed E-state index contributed by atoms with van der Waals surface area (Å²) in [5, 5.41) is 3.17. The van der Waals surface area contributed by atoms with E-state index in [1.807, 2.05) is 0 Å². The number of hydrogen-bond acceptors (Lipinski definition) is 3. The number of halogens is 3. The minimum Gasteiger partial charge on any atom is -0.353 e. The van der Waals surface area contributed by atoms with Crippen LogP contribution in [-0.4, -0.2) is 66.7 Å². The SMILES string of the molecule is O=C(CC1CCCC1)NC1CCN([C@@H]2CCN(CC(F)(F)F)C2)CC1. The molecule has 25 heavy (non-hydrogen) atoms. The van der Waals surface area contributed by atoms with Crippen LogP contribution in [-0.2, 0) is 4.79 Å². The van der Waals surface area contributed by atoms with Gasteiger partial charge in [-0.15, -0.1) is 0 Å². The van der Waals surface area contributed by atoms with Crippen molar-refractivity contribution >= 4 is 5.91 Å². The van der Waals surface area contributed by atoms with Crippen LogP contribution in [0.5, 0.6) is 0 Å². The van der Waals surface area contributed by atoms with Crippen molar-refractivity contribution in [3.8, 4) is 0 Å². The zero-order valence-corrected chi connectivity index (χ0v) is 14.9. The van der Waals surface area contributed by atoms with Crippen molar-refractivity contribution in [3.05, 3.63) is 0 Å². The largest absolute Gasteiger partial charge is 0.401 e. The van der Waals surface area contributed by atoms with Gasteiger partial charge in [-0.1, -0.05) is 12.8 Å². The summed E-state index contributed by atoms with van der Waals surface area (Å²) in [5.74, 6) is 0.751. The van der Waals surface area contributed by atoms with E-state index in [2.05, 4.69) is 10.2 Å². The first-order chi connectivity index (χ1) is 11.9. The van der Waals surface area contributed by atoms with Crippen LogP contribution in [0.15, 0.2) is 0 Å². The Hall–Kier alpha value is -0.820. The fourth-order valence-corrected chi connectivity index (χ4v) is 4.68. The molecule has 1 aliphatic carbocycles. The number of likely N-dealkylation sites (tertiary alicyclic amines) is 2. The lowest BCUT2D eigenvalue weighted by molar-refractivity contribution is -0.143. The van der Waals surface area contributed by atoms with Crippen LogP contribution in [0.3, 0.4) is 0 Å². The van der Waals surface area contributed by atoms with Crippen molar-refractivity contribution < 1.29 is 18.0 Å². The average Bonchev–Trinajstić information content (AvgIpc) is 3.18. The number of hydrogen-bond donors (Lipinski definition) is 1. The van der Waals surface area contributed by atoms with Crippen LogP contribution in [0.4, 0.5) is 13.2 Å². The first kappa shape index (κ1) is 19.0. The van der Waals surface area contributed by atoms with Crippen LogP contribution in [0.25, 0.3) is 0 Å². The quantitative estimate of drug-likeness (QED) is 0.818. The summed E-state index contributed by atoms with van der Waals surface area (Å²) in [7, 11) is 0. The Morgan fingerprint density at radius 3 is 2.32 bits per heavy atom. The fraction of sp³-hybridized carbons (Fsp3) is 0.944. The lowest BCUT2D eigenvalue weighted by Crippen LogP contribution is -2.49. The van der Waals surface area contributed by atoms with Gasteiger partial charge in [0.05, 0.1) is 6.54 Å². The summed E-state index contributed by atoms with van der Waals surface area (Å²) in [4.78, 5) is 16.0. The van der Waals surface area contributed by atoms with E-state index >= 15 is 0 Å². The normalized spacial score (nSPS) is 27.9. The minimum atomic E-state index is -4.11. The number of amides is 1. The van der Waals surface area contributed by atoms with Crippen LogP contribution in [0, 0.1) is 5.92 Å². The number of nitrogens with zero attached hydrogens (tertiary/aromatic N) is 2. The third kappa shape index (κ3) is 5.84. The topological polar surface area (TPSA) is 35.6 Å². The molecular formula is C18H30F3N3O. The Morgan fingerprint density at radius 1 is 1.00 bits per heavy atom. The standard InChI is InChI=1S/C18H30F3N3O/c19-18(20,21)13-23-8-7-16(12-23)24-9-5-15(6-10-24)22-17(25)11-14-3-1-2-4-14/h14-16H,1-13H2,(H,22,25)/t16-/m1/s1. The molecule has 2 heterocycles. The van der Waals surface area contributed by atoms with Gasteiger partial charge in [-0.2, -0.15) is 13.2 Å². The number of piperidine rings is 1. The summed E-state index contributed by atoms with van der Waals surface area (Å²) in [5.41, 5.74) is 0. The van der Waals surface area contributed by atoms with Gasteiger partial charge in [0.1, 0.15) is 0 Å². The van der Waals surface area contributed by atoms with Gasteiger partial charge in [-0.3, -0.25) is 14.6 Å². The molecule has 7 heteroatoms. The van der Waals surface area contributed by atoms with E-state index in [4.69, 9.17) is 0 Å². The lowest BCUT2D eigenvalue weighted by atomic mass is 10.0. The van der Waals surface area contributed by atoms with Crippen molar-refractivity contribution in [3.63, 3.8) is 0 Å². The maximum Gasteiger partial charge on any atom is 0.401 e. The molecule has 0 spiro atoms. The molecule has 3 rings (SSSR count). The van der Waals surface area contributed by atoms with Gasteiger partial charge in [0.25, 0.3) is 0 Å². The van der Waals surface area contributed by atoms with Crippen molar-refractivity contribution in [2.45, 2.75) is 69.6 Å². The van der Waals surface area contributed by atoms with Crippen LogP contribution >= 0.6 is 0 Å². The van der Waals surface area contributed by atoms with Gasteiger partial charge < -0.3 is 5.32 Å². The predicted octanol–water partition coefficient (Wildman–Crippen LogP) is 2.78. The molecule has 2 aliphatic heterocycles. The second-order valence-electron chi connectivity index (χ2n) is 8.03. The second-order valence-corrected chi connectivity index (χ2v) is 8.03. The van der Waals surface area contributed by atoms with Crippen LogP contribution < -0.4 is 5.32 Å². The summed E-state index contributed by atoms with van der Waals surface area (Å²) in [6.45, 7) is 2.00. The molecule has 0 aromatic rings. The summed E-state index contributed by atoms with van der Waals surface area (Å²) in [6.07, 6.45) is 4.06. The predicted molar refractivity (Wildman–Crippen MR) is 90.2 cm³/mol. The van der Waals surface area contributed by atoms with Crippen LogP contribution in [0.1, 0.15) is 51.4 Å². The maximum absolute atomic E-state index is 12.5. The highest BCUT2D eigenvalue weighted by atomic mass is 19.4. The van der Waals surface area contributed by atoms with E-state index in [-0.39, 0.29) is 18.0 Å². The zero-order valence-electron chi connectivity index (χ0n) is 14.9. The monoisotopic (exact) mass is 361 g/mol. The van der Waals surface area contributed by atoms with E-state index in [1.165, 1.54) is 30.6 Å². The Kier molecular flexibility index (Phi) is 6.25. The molecule has 2 saturated heterocycles. The van der Waals surface area contributed by atoms with Crippen molar-refractivity contribution in [2.24, 2.45) is 5.92 Å². The highest BCUT2D eigenvalue weighted by molar-refractivity contribution is 5.76. The Bertz CT molecular complexity index is 443. The smallest absolute Gasteiger partial charge is 0.353 e. The Balaban J connectivity index is 1.35. The van der Waals surface area contributed by atoms with E-state index < -0.39 is 12.7 Å². The number of alkyl halides is 3. The van der Waals surface area contributed by atoms with E-state index in [0.29, 0.717) is 25.4 Å². The van der Waals surface area contributed by atoms with E-state index in [1.54, 1.807) is 0 Å². The fourth-order valence-electron chi connectivity index (χ4n) is 4.68. The highest BCUT2D eigenvalue weighted by Gasteiger charge is 2.36. The molecule has 1 N–H and O–H groups in total. The molecule has 0 unspecified atom stereocenters. The second kappa shape index (κ2) is 8.25. The molecule has 144 valence electrons. The highest BCUT2D eigenvalue weighted by Crippen LogP contribution is 2.28. The van der Waals surface area contributed by atoms with Crippen LogP contribution in [0.2, 0.25) is 0 Å². The number of carbonyl (C=O) groups is 1. The molecular weight excluding hydrogens is 331 g/mol. The molecule has 1 atom stereocenters. The molecule has 1 saturated carbocycles. The summed E-state index contributed by atoms with van der Waals surface area (Å²) >= 11 is 0. The molecule has 1 amide bonds. The Morgan fingerprint density at radius 2 is 1.68 bits per heavy atom. The van der Waals surface area contributed by atoms with Gasteiger partial charge in [-0.25, -0.2) is 0 Å². The van der Waals surface area contributed by atoms with Gasteiger partial charge in [0, 0.05) is 44.7 Å². The van der Waals surface area contributed by atoms with Gasteiger partial charge in [0.15, 0.2) is 0 Å². The summed E-state index contributed by atoms with van der Waals surface area (Å²) in [6, 6.07) is 0.468. The van der Waals surface area contributed by atoms with E-state index in [9.17, 15) is 18.0 Å². The van der Waals surface area contributed by atoms with Crippen molar-refractivity contribution in [2.75, 3.05) is 32.7 Å². The zero-order chi connectivity index (χ0) is 17.9. The first-order valence-electron chi connectivity index (χ1n) is 9.71. The maximum atomic E-state index is 12.5. The van der Waals surface area contributed by atoms with Gasteiger partial charge in [-0.05, 0) is 38.0 Å². The third-order valence-electron chi connectivity index (χ3n) is 6.01. The van der Waals surface area contributed by atoms with Gasteiger partial charge in [0.2, 0.25) is 5.91 Å². The molecule has 4 nitrogen and oxygen atoms in total. The summed E-state index contributed by atoms with van der Waals surface area (Å²) < 4.78 is 37.5. The third-order valence-corrected chi connectivity index (χ3v) is 6.01. The number of carbonyl (C=O) groups excluding carboxylic acids is 1. The lowest BCUT2D eigenvalue weighted by Gasteiger charge is -2.36. The minimum absolute atomic E-state index is 0.183. The molecule has 0 radical (unpaired) electrons. The van der Waals surface area contributed by atoms with Gasteiger partial charge >= 0.3 is 6.18 Å². The average molecular weight is 361 g/mol. The number of rotatable bonds is 5.